The molecule has 1 amide bonds. The first kappa shape index (κ1) is 19.0. The summed E-state index contributed by atoms with van der Waals surface area (Å²) in [6, 6.07) is 10.0. The summed E-state index contributed by atoms with van der Waals surface area (Å²) >= 11 is 0. The Kier molecular flexibility index (Phi) is 5.67. The molecular weight excluding hydrogens is 352 g/mol. The van der Waals surface area contributed by atoms with Gasteiger partial charge in [-0.2, -0.15) is 5.10 Å². The Labute approximate surface area is 166 Å². The lowest BCUT2D eigenvalue weighted by Crippen LogP contribution is -2.41. The number of hydrogen-bond donors (Lipinski definition) is 1. The average Bonchev–Trinajstić information content (AvgIpc) is 3.43. The Balaban J connectivity index is 1.35. The lowest BCUT2D eigenvalue weighted by Gasteiger charge is -2.36. The van der Waals surface area contributed by atoms with Crippen LogP contribution in [0, 0.1) is 5.92 Å². The van der Waals surface area contributed by atoms with Crippen molar-refractivity contribution in [3.8, 4) is 5.75 Å². The van der Waals surface area contributed by atoms with E-state index in [2.05, 4.69) is 22.2 Å². The van der Waals surface area contributed by atoms with Crippen molar-refractivity contribution >= 4 is 11.7 Å². The van der Waals surface area contributed by atoms with Gasteiger partial charge >= 0.3 is 0 Å². The number of nitrogens with one attached hydrogen (secondary N) is 1. The van der Waals surface area contributed by atoms with Crippen LogP contribution < -0.4 is 10.1 Å². The van der Waals surface area contributed by atoms with Gasteiger partial charge in [-0.3, -0.25) is 4.79 Å². The number of benzene rings is 1. The van der Waals surface area contributed by atoms with Gasteiger partial charge in [0.2, 0.25) is 0 Å². The van der Waals surface area contributed by atoms with Crippen LogP contribution in [0.1, 0.15) is 55.4 Å². The molecule has 1 aliphatic heterocycles. The van der Waals surface area contributed by atoms with Crippen molar-refractivity contribution in [2.45, 2.75) is 51.1 Å². The second kappa shape index (κ2) is 8.35. The Morgan fingerprint density at radius 2 is 1.89 bits per heavy atom. The molecule has 0 unspecified atom stereocenters. The number of nitrogens with zero attached hydrogens (tertiary/aromatic N) is 3. The number of methoxy groups -OCH3 is 1. The zero-order chi connectivity index (χ0) is 19.5. The molecule has 2 aliphatic rings. The third-order valence-corrected chi connectivity index (χ3v) is 6.10. The summed E-state index contributed by atoms with van der Waals surface area (Å²) in [5.74, 6) is 2.35. The van der Waals surface area contributed by atoms with Crippen LogP contribution >= 0.6 is 0 Å². The minimum absolute atomic E-state index is 0.125. The Morgan fingerprint density at radius 1 is 1.18 bits per heavy atom. The predicted octanol–water partition coefficient (Wildman–Crippen LogP) is 3.97. The quantitative estimate of drug-likeness (QED) is 0.787. The summed E-state index contributed by atoms with van der Waals surface area (Å²) in [4.78, 5) is 15.2. The summed E-state index contributed by atoms with van der Waals surface area (Å²) in [6.45, 7) is 4.57. The maximum atomic E-state index is 12.6. The van der Waals surface area contributed by atoms with Crippen LogP contribution in [0.15, 0.2) is 36.5 Å². The Morgan fingerprint density at radius 3 is 2.54 bits per heavy atom. The van der Waals surface area contributed by atoms with Crippen LogP contribution in [0.2, 0.25) is 0 Å². The molecule has 6 heteroatoms. The first-order valence-electron chi connectivity index (χ1n) is 10.4. The lowest BCUT2D eigenvalue weighted by atomic mass is 10.0. The molecule has 2 fully saturated rings. The van der Waals surface area contributed by atoms with Crippen molar-refractivity contribution in [1.82, 2.24) is 14.7 Å². The van der Waals surface area contributed by atoms with Crippen molar-refractivity contribution in [1.29, 1.82) is 0 Å². The molecule has 2 heterocycles. The van der Waals surface area contributed by atoms with Crippen molar-refractivity contribution < 1.29 is 9.53 Å². The standard InChI is InChI=1S/C22H30N4O2/c1-16(15-17-3-4-17)25-13-10-19(11-14-25)26-21(9-12-23-26)24-22(27)18-5-7-20(28-2)8-6-18/h5-9,12,16-17,19H,3-4,10-11,13-15H2,1-2H3,(H,24,27)/t16-/m0/s1. The second-order valence-corrected chi connectivity index (χ2v) is 8.14. The molecule has 6 nitrogen and oxygen atoms in total. The number of aromatic nitrogens is 2. The molecule has 2 aromatic rings. The first-order chi connectivity index (χ1) is 13.6. The molecule has 4 rings (SSSR count). The van der Waals surface area contributed by atoms with Gasteiger partial charge in [-0.05, 0) is 56.4 Å². The molecule has 0 bridgehead atoms. The minimum Gasteiger partial charge on any atom is -0.497 e. The molecule has 1 aliphatic carbocycles. The highest BCUT2D eigenvalue weighted by atomic mass is 16.5. The van der Waals surface area contributed by atoms with Crippen LogP contribution in [0.4, 0.5) is 5.82 Å². The number of carbonyl (C=O) groups excluding carboxylic acids is 1. The maximum Gasteiger partial charge on any atom is 0.256 e. The molecule has 1 N–H and O–H groups in total. The zero-order valence-electron chi connectivity index (χ0n) is 16.8. The molecular formula is C22H30N4O2. The summed E-state index contributed by atoms with van der Waals surface area (Å²) in [5, 5.41) is 7.52. The summed E-state index contributed by atoms with van der Waals surface area (Å²) < 4.78 is 7.14. The predicted molar refractivity (Wildman–Crippen MR) is 110 cm³/mol. The highest BCUT2D eigenvalue weighted by Crippen LogP contribution is 2.35. The van der Waals surface area contributed by atoms with Gasteiger partial charge in [0.25, 0.3) is 5.91 Å². The number of rotatable bonds is 7. The number of anilines is 1. The molecule has 1 saturated carbocycles. The highest BCUT2D eigenvalue weighted by molar-refractivity contribution is 6.03. The van der Waals surface area contributed by atoms with Crippen molar-refractivity contribution in [3.05, 3.63) is 42.1 Å². The summed E-state index contributed by atoms with van der Waals surface area (Å²) in [5.41, 5.74) is 0.609. The minimum atomic E-state index is -0.125. The number of likely N-dealkylation sites (tertiary alicyclic amines) is 1. The fourth-order valence-electron chi connectivity index (χ4n) is 4.19. The molecule has 150 valence electrons. The topological polar surface area (TPSA) is 59.4 Å². The van der Waals surface area contributed by atoms with E-state index in [1.807, 2.05) is 10.7 Å². The zero-order valence-corrected chi connectivity index (χ0v) is 16.8. The van der Waals surface area contributed by atoms with E-state index in [-0.39, 0.29) is 5.91 Å². The van der Waals surface area contributed by atoms with Crippen molar-refractivity contribution in [2.24, 2.45) is 5.92 Å². The maximum absolute atomic E-state index is 12.6. The first-order valence-corrected chi connectivity index (χ1v) is 10.4. The monoisotopic (exact) mass is 382 g/mol. The van der Waals surface area contributed by atoms with Crippen LogP contribution in [0.5, 0.6) is 5.75 Å². The van der Waals surface area contributed by atoms with E-state index in [9.17, 15) is 4.79 Å². The van der Waals surface area contributed by atoms with Gasteiger partial charge in [0.15, 0.2) is 0 Å². The second-order valence-electron chi connectivity index (χ2n) is 8.14. The van der Waals surface area contributed by atoms with Gasteiger partial charge in [0.05, 0.1) is 19.3 Å². The molecule has 1 aromatic heterocycles. The van der Waals surface area contributed by atoms with Gasteiger partial charge in [-0.25, -0.2) is 4.68 Å². The number of piperidine rings is 1. The fourth-order valence-corrected chi connectivity index (χ4v) is 4.19. The lowest BCUT2D eigenvalue weighted by molar-refractivity contribution is 0.102. The largest absolute Gasteiger partial charge is 0.497 e. The summed E-state index contributed by atoms with van der Waals surface area (Å²) in [7, 11) is 1.62. The van der Waals surface area contributed by atoms with Crippen LogP contribution in [-0.2, 0) is 0 Å². The summed E-state index contributed by atoms with van der Waals surface area (Å²) in [6.07, 6.45) is 8.10. The van der Waals surface area contributed by atoms with E-state index in [1.165, 1.54) is 19.3 Å². The Bertz CT molecular complexity index is 789. The van der Waals surface area contributed by atoms with Gasteiger partial charge in [-0.1, -0.05) is 12.8 Å². The smallest absolute Gasteiger partial charge is 0.256 e. The third kappa shape index (κ3) is 4.38. The van der Waals surface area contributed by atoms with E-state index in [1.54, 1.807) is 37.6 Å². The van der Waals surface area contributed by atoms with Gasteiger partial charge < -0.3 is 15.0 Å². The number of carbonyl (C=O) groups is 1. The van der Waals surface area contributed by atoms with E-state index >= 15 is 0 Å². The normalized spacial score (nSPS) is 19.4. The van der Waals surface area contributed by atoms with Gasteiger partial charge in [-0.15, -0.1) is 0 Å². The van der Waals surface area contributed by atoms with Crippen LogP contribution in [0.25, 0.3) is 0 Å². The molecule has 1 saturated heterocycles. The number of ether oxygens (including phenoxy) is 1. The molecule has 0 radical (unpaired) electrons. The molecule has 1 atom stereocenters. The SMILES string of the molecule is COc1ccc(C(=O)Nc2ccnn2C2CCN([C@@H](C)CC3CC3)CC2)cc1. The Hall–Kier alpha value is -2.34. The van der Waals surface area contributed by atoms with E-state index in [4.69, 9.17) is 4.74 Å². The number of amides is 1. The van der Waals surface area contributed by atoms with Gasteiger partial charge in [0, 0.05) is 30.8 Å². The number of hydrogen-bond acceptors (Lipinski definition) is 4. The fraction of sp³-hybridized carbons (Fsp3) is 0.545. The van der Waals surface area contributed by atoms with Crippen LogP contribution in [-0.4, -0.2) is 46.8 Å². The molecule has 28 heavy (non-hydrogen) atoms. The third-order valence-electron chi connectivity index (χ3n) is 6.10. The average molecular weight is 383 g/mol. The highest BCUT2D eigenvalue weighted by Gasteiger charge is 2.29. The van der Waals surface area contributed by atoms with E-state index in [0.29, 0.717) is 17.6 Å². The van der Waals surface area contributed by atoms with Crippen molar-refractivity contribution in [2.75, 3.05) is 25.5 Å². The van der Waals surface area contributed by atoms with Gasteiger partial charge in [0.1, 0.15) is 11.6 Å². The molecule has 1 aromatic carbocycles. The molecule has 0 spiro atoms. The van der Waals surface area contributed by atoms with E-state index < -0.39 is 0 Å². The van der Waals surface area contributed by atoms with Crippen molar-refractivity contribution in [3.63, 3.8) is 0 Å². The van der Waals surface area contributed by atoms with E-state index in [0.717, 1.165) is 43.4 Å². The van der Waals surface area contributed by atoms with Crippen LogP contribution in [0.3, 0.4) is 0 Å².